The van der Waals surface area contributed by atoms with Crippen molar-refractivity contribution in [3.05, 3.63) is 0 Å². The summed E-state index contributed by atoms with van der Waals surface area (Å²) >= 11 is 0. The fourth-order valence-corrected chi connectivity index (χ4v) is 1.88. The molecule has 0 aromatic rings. The van der Waals surface area contributed by atoms with E-state index in [2.05, 4.69) is 30.0 Å². The van der Waals surface area contributed by atoms with Crippen molar-refractivity contribution in [1.82, 2.24) is 10.2 Å². The molecule has 1 aliphatic carbocycles. The number of hydrogen-bond acceptors (Lipinski definition) is 2. The number of terminal acetylenes is 1. The lowest BCUT2D eigenvalue weighted by Crippen LogP contribution is -2.29. The zero-order valence-electron chi connectivity index (χ0n) is 10.8. The zero-order chi connectivity index (χ0) is 11.8. The maximum Gasteiger partial charge on any atom is 0.0599 e. The summed E-state index contributed by atoms with van der Waals surface area (Å²) in [6.45, 7) is 8.73. The molecule has 92 valence electrons. The summed E-state index contributed by atoms with van der Waals surface area (Å²) < 4.78 is 0. The summed E-state index contributed by atoms with van der Waals surface area (Å²) in [5, 5.41) is 3.45. The van der Waals surface area contributed by atoms with E-state index >= 15 is 0 Å². The van der Waals surface area contributed by atoms with Crippen molar-refractivity contribution >= 4 is 0 Å². The minimum absolute atomic E-state index is 0.605. The summed E-state index contributed by atoms with van der Waals surface area (Å²) in [5.41, 5.74) is 0. The molecule has 16 heavy (non-hydrogen) atoms. The molecule has 0 aromatic carbocycles. The summed E-state index contributed by atoms with van der Waals surface area (Å²) in [6.07, 6.45) is 10.7. The van der Waals surface area contributed by atoms with Gasteiger partial charge in [0.25, 0.3) is 0 Å². The van der Waals surface area contributed by atoms with Gasteiger partial charge in [-0.25, -0.2) is 0 Å². The first-order valence-corrected chi connectivity index (χ1v) is 6.61. The number of rotatable bonds is 9. The highest BCUT2D eigenvalue weighted by molar-refractivity contribution is 4.90. The first kappa shape index (κ1) is 13.5. The van der Waals surface area contributed by atoms with E-state index in [1.807, 2.05) is 0 Å². The van der Waals surface area contributed by atoms with Crippen molar-refractivity contribution in [2.75, 3.05) is 26.2 Å². The molecule has 0 spiro atoms. The molecule has 1 rings (SSSR count). The van der Waals surface area contributed by atoms with Gasteiger partial charge in [0, 0.05) is 12.6 Å². The van der Waals surface area contributed by atoms with Gasteiger partial charge in [-0.1, -0.05) is 19.8 Å². The highest BCUT2D eigenvalue weighted by Crippen LogP contribution is 2.29. The van der Waals surface area contributed by atoms with Gasteiger partial charge in [0.15, 0.2) is 0 Å². The fraction of sp³-hybridized carbons (Fsp3) is 0.857. The Balaban J connectivity index is 2.00. The van der Waals surface area contributed by atoms with Gasteiger partial charge in [0.05, 0.1) is 6.54 Å². The predicted octanol–water partition coefficient (Wildman–Crippen LogP) is 2.11. The van der Waals surface area contributed by atoms with Crippen LogP contribution in [0.1, 0.15) is 39.5 Å². The Kier molecular flexibility index (Phi) is 6.52. The van der Waals surface area contributed by atoms with Crippen LogP contribution in [0.3, 0.4) is 0 Å². The Morgan fingerprint density at radius 1 is 1.38 bits per heavy atom. The third-order valence-corrected chi connectivity index (χ3v) is 2.98. The Hall–Kier alpha value is -0.520. The monoisotopic (exact) mass is 222 g/mol. The van der Waals surface area contributed by atoms with Crippen LogP contribution in [0.5, 0.6) is 0 Å². The highest BCUT2D eigenvalue weighted by Gasteiger charge is 2.23. The molecule has 0 radical (unpaired) electrons. The maximum absolute atomic E-state index is 5.39. The molecule has 0 atom stereocenters. The Morgan fingerprint density at radius 3 is 2.69 bits per heavy atom. The Labute approximate surface area is 101 Å². The molecule has 1 aliphatic rings. The molecule has 1 saturated carbocycles. The van der Waals surface area contributed by atoms with E-state index in [1.54, 1.807) is 0 Å². The average molecular weight is 222 g/mol. The van der Waals surface area contributed by atoms with Gasteiger partial charge in [-0.2, -0.15) is 0 Å². The summed E-state index contributed by atoms with van der Waals surface area (Å²) in [4.78, 5) is 2.44. The molecule has 2 heteroatoms. The fourth-order valence-electron chi connectivity index (χ4n) is 1.88. The van der Waals surface area contributed by atoms with E-state index in [1.165, 1.54) is 38.8 Å². The summed E-state index contributed by atoms with van der Waals surface area (Å²) in [7, 11) is 0. The van der Waals surface area contributed by atoms with Crippen molar-refractivity contribution in [2.24, 2.45) is 5.92 Å². The third kappa shape index (κ3) is 6.87. The quantitative estimate of drug-likeness (QED) is 0.475. The number of nitrogens with zero attached hydrogens (tertiary/aromatic N) is 1. The molecular formula is C14H26N2. The SMILES string of the molecule is C#CCN(CCCCNC(C)C)CC1CC1. The van der Waals surface area contributed by atoms with Crippen molar-refractivity contribution < 1.29 is 0 Å². The predicted molar refractivity (Wildman–Crippen MR) is 70.4 cm³/mol. The van der Waals surface area contributed by atoms with Gasteiger partial charge in [0.1, 0.15) is 0 Å². The molecule has 0 aromatic heterocycles. The lowest BCUT2D eigenvalue weighted by atomic mass is 10.2. The van der Waals surface area contributed by atoms with Crippen LogP contribution < -0.4 is 5.32 Å². The molecule has 0 bridgehead atoms. The number of nitrogens with one attached hydrogen (secondary N) is 1. The first-order chi connectivity index (χ1) is 7.72. The first-order valence-electron chi connectivity index (χ1n) is 6.61. The van der Waals surface area contributed by atoms with Crippen LogP contribution in [0, 0.1) is 18.3 Å². The lowest BCUT2D eigenvalue weighted by molar-refractivity contribution is 0.287. The van der Waals surface area contributed by atoms with E-state index in [4.69, 9.17) is 6.42 Å². The minimum Gasteiger partial charge on any atom is -0.315 e. The van der Waals surface area contributed by atoms with Crippen LogP contribution in [0.2, 0.25) is 0 Å². The van der Waals surface area contributed by atoms with Crippen molar-refractivity contribution in [2.45, 2.75) is 45.6 Å². The smallest absolute Gasteiger partial charge is 0.0599 e. The van der Waals surface area contributed by atoms with Crippen LogP contribution in [-0.4, -0.2) is 37.1 Å². The van der Waals surface area contributed by atoms with Gasteiger partial charge in [0.2, 0.25) is 0 Å². The van der Waals surface area contributed by atoms with E-state index in [-0.39, 0.29) is 0 Å². The van der Waals surface area contributed by atoms with Crippen LogP contribution in [0.15, 0.2) is 0 Å². The van der Waals surface area contributed by atoms with E-state index in [0.29, 0.717) is 6.04 Å². The number of unbranched alkanes of at least 4 members (excludes halogenated alkanes) is 1. The van der Waals surface area contributed by atoms with Crippen LogP contribution in [-0.2, 0) is 0 Å². The van der Waals surface area contributed by atoms with E-state index < -0.39 is 0 Å². The molecule has 0 aliphatic heterocycles. The van der Waals surface area contributed by atoms with Crippen molar-refractivity contribution in [3.63, 3.8) is 0 Å². The molecule has 0 heterocycles. The van der Waals surface area contributed by atoms with Crippen molar-refractivity contribution in [1.29, 1.82) is 0 Å². The van der Waals surface area contributed by atoms with Crippen LogP contribution >= 0.6 is 0 Å². The Bertz CT molecular complexity index is 213. The molecule has 0 saturated heterocycles. The van der Waals surface area contributed by atoms with Crippen LogP contribution in [0.25, 0.3) is 0 Å². The molecule has 0 amide bonds. The van der Waals surface area contributed by atoms with Crippen molar-refractivity contribution in [3.8, 4) is 12.3 Å². The van der Waals surface area contributed by atoms with E-state index in [0.717, 1.165) is 19.0 Å². The van der Waals surface area contributed by atoms with Gasteiger partial charge >= 0.3 is 0 Å². The van der Waals surface area contributed by atoms with Crippen LogP contribution in [0.4, 0.5) is 0 Å². The topological polar surface area (TPSA) is 15.3 Å². The Morgan fingerprint density at radius 2 is 2.12 bits per heavy atom. The number of hydrogen-bond donors (Lipinski definition) is 1. The molecule has 2 nitrogen and oxygen atoms in total. The maximum atomic E-state index is 5.39. The minimum atomic E-state index is 0.605. The summed E-state index contributed by atoms with van der Waals surface area (Å²) in [6, 6.07) is 0.605. The zero-order valence-corrected chi connectivity index (χ0v) is 10.8. The second-order valence-corrected chi connectivity index (χ2v) is 5.20. The molecule has 1 fully saturated rings. The van der Waals surface area contributed by atoms with Gasteiger partial charge in [-0.3, -0.25) is 4.90 Å². The molecule has 0 unspecified atom stereocenters. The van der Waals surface area contributed by atoms with Gasteiger partial charge < -0.3 is 5.32 Å². The van der Waals surface area contributed by atoms with Gasteiger partial charge in [-0.05, 0) is 44.7 Å². The van der Waals surface area contributed by atoms with E-state index in [9.17, 15) is 0 Å². The summed E-state index contributed by atoms with van der Waals surface area (Å²) in [5.74, 6) is 3.72. The highest BCUT2D eigenvalue weighted by atomic mass is 15.1. The second-order valence-electron chi connectivity index (χ2n) is 5.20. The standard InChI is InChI=1S/C14H26N2/c1-4-10-16(12-14-7-8-14)11-6-5-9-15-13(2)3/h1,13-15H,5-12H2,2-3H3. The molecule has 1 N–H and O–H groups in total. The average Bonchev–Trinajstić information content (AvgIpc) is 3.01. The van der Waals surface area contributed by atoms with Gasteiger partial charge in [-0.15, -0.1) is 6.42 Å². The lowest BCUT2D eigenvalue weighted by Gasteiger charge is -2.19. The normalized spacial score (nSPS) is 15.7. The molecular weight excluding hydrogens is 196 g/mol. The second kappa shape index (κ2) is 7.70. The largest absolute Gasteiger partial charge is 0.315 e. The third-order valence-electron chi connectivity index (χ3n) is 2.98.